The van der Waals surface area contributed by atoms with Crippen LogP contribution in [0, 0.1) is 17.7 Å². The molecule has 0 fully saturated rings. The van der Waals surface area contributed by atoms with Crippen molar-refractivity contribution in [2.24, 2.45) is 0 Å². The summed E-state index contributed by atoms with van der Waals surface area (Å²) in [6, 6.07) is 4.27. The van der Waals surface area contributed by atoms with E-state index in [-0.39, 0.29) is 18.7 Å². The highest BCUT2D eigenvalue weighted by molar-refractivity contribution is 5.38. The lowest BCUT2D eigenvalue weighted by Gasteiger charge is -2.16. The first kappa shape index (κ1) is 14.6. The van der Waals surface area contributed by atoms with Gasteiger partial charge in [0.25, 0.3) is 6.43 Å². The Morgan fingerprint density at radius 2 is 2.11 bits per heavy atom. The lowest BCUT2D eigenvalue weighted by atomic mass is 10.1. The van der Waals surface area contributed by atoms with Crippen LogP contribution in [0.15, 0.2) is 18.2 Å². The SMILES string of the molecule is CN(Cc1ccc(F)c(C#CCO)c1)CC(F)F. The summed E-state index contributed by atoms with van der Waals surface area (Å²) < 4.78 is 37.6. The van der Waals surface area contributed by atoms with Crippen molar-refractivity contribution in [3.8, 4) is 11.8 Å². The fourth-order valence-corrected chi connectivity index (χ4v) is 1.51. The molecule has 0 aromatic heterocycles. The van der Waals surface area contributed by atoms with E-state index in [1.165, 1.54) is 23.1 Å². The minimum absolute atomic E-state index is 0.159. The highest BCUT2D eigenvalue weighted by Gasteiger charge is 2.09. The van der Waals surface area contributed by atoms with Crippen LogP contribution in [0.25, 0.3) is 0 Å². The Morgan fingerprint density at radius 1 is 1.39 bits per heavy atom. The summed E-state index contributed by atoms with van der Waals surface area (Å²) in [6.45, 7) is -0.400. The van der Waals surface area contributed by atoms with Gasteiger partial charge in [-0.1, -0.05) is 17.9 Å². The largest absolute Gasteiger partial charge is 0.384 e. The third-order valence-corrected chi connectivity index (χ3v) is 2.24. The average Bonchev–Trinajstić information content (AvgIpc) is 2.28. The lowest BCUT2D eigenvalue weighted by Crippen LogP contribution is -2.24. The molecule has 1 N–H and O–H groups in total. The smallest absolute Gasteiger partial charge is 0.251 e. The zero-order valence-corrected chi connectivity index (χ0v) is 9.96. The number of alkyl halides is 2. The summed E-state index contributed by atoms with van der Waals surface area (Å²) in [7, 11) is 1.56. The van der Waals surface area contributed by atoms with E-state index >= 15 is 0 Å². The summed E-state index contributed by atoms with van der Waals surface area (Å²) in [5.74, 6) is 4.34. The monoisotopic (exact) mass is 257 g/mol. The van der Waals surface area contributed by atoms with Gasteiger partial charge in [-0.3, -0.25) is 4.90 Å². The first-order valence-corrected chi connectivity index (χ1v) is 5.37. The van der Waals surface area contributed by atoms with Crippen LogP contribution in [-0.4, -0.2) is 36.6 Å². The van der Waals surface area contributed by atoms with E-state index in [0.717, 1.165) is 0 Å². The maximum Gasteiger partial charge on any atom is 0.251 e. The van der Waals surface area contributed by atoms with Gasteiger partial charge in [0.2, 0.25) is 0 Å². The Balaban J connectivity index is 2.78. The average molecular weight is 257 g/mol. The third-order valence-electron chi connectivity index (χ3n) is 2.24. The molecule has 0 saturated heterocycles. The molecular formula is C13H14F3NO. The minimum atomic E-state index is -2.40. The molecular weight excluding hydrogens is 243 g/mol. The zero-order chi connectivity index (χ0) is 13.5. The normalized spacial score (nSPS) is 10.6. The number of aliphatic hydroxyl groups is 1. The third kappa shape index (κ3) is 4.78. The maximum atomic E-state index is 13.3. The van der Waals surface area contributed by atoms with Crippen molar-refractivity contribution in [1.82, 2.24) is 4.90 Å². The Kier molecular flexibility index (Phi) is 5.69. The predicted molar refractivity (Wildman–Crippen MR) is 62.7 cm³/mol. The predicted octanol–water partition coefficient (Wildman–Crippen LogP) is 1.87. The minimum Gasteiger partial charge on any atom is -0.384 e. The molecule has 1 rings (SSSR count). The van der Waals surface area contributed by atoms with Crippen molar-refractivity contribution in [2.45, 2.75) is 13.0 Å². The lowest BCUT2D eigenvalue weighted by molar-refractivity contribution is 0.0975. The summed E-state index contributed by atoms with van der Waals surface area (Å²) in [6.07, 6.45) is -2.40. The van der Waals surface area contributed by atoms with Crippen LogP contribution in [-0.2, 0) is 6.54 Å². The number of hydrogen-bond donors (Lipinski definition) is 1. The molecule has 18 heavy (non-hydrogen) atoms. The molecule has 0 aliphatic carbocycles. The molecule has 0 bridgehead atoms. The van der Waals surface area contributed by atoms with Gasteiger partial charge in [-0.05, 0) is 24.7 Å². The van der Waals surface area contributed by atoms with Crippen molar-refractivity contribution in [3.05, 3.63) is 35.1 Å². The van der Waals surface area contributed by atoms with Gasteiger partial charge in [-0.15, -0.1) is 0 Å². The quantitative estimate of drug-likeness (QED) is 0.832. The molecule has 1 aromatic carbocycles. The zero-order valence-electron chi connectivity index (χ0n) is 9.96. The van der Waals surface area contributed by atoms with E-state index in [2.05, 4.69) is 11.8 Å². The van der Waals surface area contributed by atoms with E-state index in [1.807, 2.05) is 0 Å². The number of benzene rings is 1. The van der Waals surface area contributed by atoms with Crippen molar-refractivity contribution >= 4 is 0 Å². The van der Waals surface area contributed by atoms with E-state index in [1.54, 1.807) is 7.05 Å². The Morgan fingerprint density at radius 3 is 2.72 bits per heavy atom. The molecule has 1 aromatic rings. The summed E-state index contributed by atoms with van der Waals surface area (Å²) in [5, 5.41) is 8.54. The van der Waals surface area contributed by atoms with Gasteiger partial charge < -0.3 is 5.11 Å². The van der Waals surface area contributed by atoms with Gasteiger partial charge in [-0.25, -0.2) is 13.2 Å². The van der Waals surface area contributed by atoms with Gasteiger partial charge >= 0.3 is 0 Å². The number of aliphatic hydroxyl groups excluding tert-OH is 1. The fourth-order valence-electron chi connectivity index (χ4n) is 1.51. The van der Waals surface area contributed by atoms with Gasteiger partial charge in [0.1, 0.15) is 12.4 Å². The molecule has 0 heterocycles. The van der Waals surface area contributed by atoms with Gasteiger partial charge in [0.05, 0.1) is 12.1 Å². The number of hydrogen-bond acceptors (Lipinski definition) is 2. The number of nitrogens with zero attached hydrogens (tertiary/aromatic N) is 1. The molecule has 0 atom stereocenters. The van der Waals surface area contributed by atoms with Crippen LogP contribution in [0.2, 0.25) is 0 Å². The van der Waals surface area contributed by atoms with E-state index in [4.69, 9.17) is 5.11 Å². The van der Waals surface area contributed by atoms with Crippen molar-refractivity contribution in [3.63, 3.8) is 0 Å². The molecule has 98 valence electrons. The fraction of sp³-hybridized carbons (Fsp3) is 0.385. The molecule has 0 saturated carbocycles. The van der Waals surface area contributed by atoms with E-state index < -0.39 is 12.2 Å². The standard InChI is InChI=1S/C13H14F3NO/c1-17(9-13(15)16)8-10-4-5-12(14)11(7-10)3-2-6-18/h4-5,7,13,18H,6,8-9H2,1H3. The summed E-state index contributed by atoms with van der Waals surface area (Å²) in [5.41, 5.74) is 0.855. The Labute approximate surface area is 104 Å². The second-order valence-electron chi connectivity index (χ2n) is 3.86. The summed E-state index contributed by atoms with van der Waals surface area (Å²) >= 11 is 0. The molecule has 0 unspecified atom stereocenters. The molecule has 0 radical (unpaired) electrons. The molecule has 0 aliphatic heterocycles. The maximum absolute atomic E-state index is 13.3. The molecule has 5 heteroatoms. The van der Waals surface area contributed by atoms with E-state index in [9.17, 15) is 13.2 Å². The Hall–Kier alpha value is -1.51. The van der Waals surface area contributed by atoms with Crippen LogP contribution in [0.4, 0.5) is 13.2 Å². The number of halogens is 3. The first-order chi connectivity index (χ1) is 8.52. The highest BCUT2D eigenvalue weighted by atomic mass is 19.3. The summed E-state index contributed by atoms with van der Waals surface area (Å²) in [4.78, 5) is 1.45. The van der Waals surface area contributed by atoms with Crippen LogP contribution in [0.3, 0.4) is 0 Å². The van der Waals surface area contributed by atoms with Gasteiger partial charge in [-0.2, -0.15) is 0 Å². The van der Waals surface area contributed by atoms with Crippen LogP contribution in [0.1, 0.15) is 11.1 Å². The van der Waals surface area contributed by atoms with Crippen molar-refractivity contribution in [1.29, 1.82) is 0 Å². The number of rotatable bonds is 4. The second kappa shape index (κ2) is 7.04. The topological polar surface area (TPSA) is 23.5 Å². The first-order valence-electron chi connectivity index (χ1n) is 5.37. The van der Waals surface area contributed by atoms with Crippen molar-refractivity contribution < 1.29 is 18.3 Å². The van der Waals surface area contributed by atoms with E-state index in [0.29, 0.717) is 12.1 Å². The molecule has 2 nitrogen and oxygen atoms in total. The van der Waals surface area contributed by atoms with Crippen LogP contribution in [0.5, 0.6) is 0 Å². The van der Waals surface area contributed by atoms with Crippen molar-refractivity contribution in [2.75, 3.05) is 20.2 Å². The van der Waals surface area contributed by atoms with Gasteiger partial charge in [0, 0.05) is 6.54 Å². The van der Waals surface area contributed by atoms with Crippen LogP contribution < -0.4 is 0 Å². The molecule has 0 amide bonds. The van der Waals surface area contributed by atoms with Gasteiger partial charge in [0.15, 0.2) is 0 Å². The van der Waals surface area contributed by atoms with Crippen LogP contribution >= 0.6 is 0 Å². The molecule has 0 spiro atoms. The molecule has 0 aliphatic rings. The second-order valence-corrected chi connectivity index (χ2v) is 3.86. The Bertz CT molecular complexity index is 451. The highest BCUT2D eigenvalue weighted by Crippen LogP contribution is 2.11.